The normalized spacial score (nSPS) is 15.8. The van der Waals surface area contributed by atoms with Crippen molar-refractivity contribution in [2.75, 3.05) is 4.72 Å². The van der Waals surface area contributed by atoms with Crippen LogP contribution >= 0.6 is 0 Å². The van der Waals surface area contributed by atoms with Gasteiger partial charge < -0.3 is 5.73 Å². The van der Waals surface area contributed by atoms with E-state index in [1.807, 2.05) is 0 Å². The van der Waals surface area contributed by atoms with Crippen molar-refractivity contribution in [3.8, 4) is 0 Å². The van der Waals surface area contributed by atoms with Gasteiger partial charge in [0.1, 0.15) is 5.84 Å². The number of anilines is 1. The Kier molecular flexibility index (Phi) is 2.59. The highest BCUT2D eigenvalue weighted by atomic mass is 32.2. The summed E-state index contributed by atoms with van der Waals surface area (Å²) in [7, 11) is -3.21. The Balaban J connectivity index is 2.13. The zero-order valence-electron chi connectivity index (χ0n) is 8.60. The van der Waals surface area contributed by atoms with Crippen LogP contribution in [0.5, 0.6) is 0 Å². The molecule has 0 saturated heterocycles. The lowest BCUT2D eigenvalue weighted by atomic mass is 10.2. The predicted octanol–water partition coefficient (Wildman–Crippen LogP) is 0.875. The van der Waals surface area contributed by atoms with Gasteiger partial charge in [0.25, 0.3) is 0 Å². The van der Waals surface area contributed by atoms with E-state index >= 15 is 0 Å². The largest absolute Gasteiger partial charge is 0.384 e. The number of nitrogen functional groups attached to an aromatic ring is 1. The molecule has 86 valence electrons. The van der Waals surface area contributed by atoms with Crippen molar-refractivity contribution in [1.29, 1.82) is 5.41 Å². The van der Waals surface area contributed by atoms with Crippen molar-refractivity contribution < 1.29 is 8.42 Å². The summed E-state index contributed by atoms with van der Waals surface area (Å²) in [5.74, 6) is -0.0309. The van der Waals surface area contributed by atoms with Crippen molar-refractivity contribution in [2.24, 2.45) is 5.73 Å². The Morgan fingerprint density at radius 2 is 1.88 bits per heavy atom. The van der Waals surface area contributed by atoms with Crippen LogP contribution in [0, 0.1) is 5.41 Å². The van der Waals surface area contributed by atoms with Gasteiger partial charge in [-0.3, -0.25) is 10.1 Å². The predicted molar refractivity (Wildman–Crippen MR) is 63.0 cm³/mol. The lowest BCUT2D eigenvalue weighted by Crippen LogP contribution is -2.17. The molecule has 0 unspecified atom stereocenters. The fourth-order valence-electron chi connectivity index (χ4n) is 1.34. The lowest BCUT2D eigenvalue weighted by Gasteiger charge is -2.07. The SMILES string of the molecule is N=C(N)c1ccc(NS(=O)(=O)C2CC2)cc1. The zero-order valence-corrected chi connectivity index (χ0v) is 9.42. The summed E-state index contributed by atoms with van der Waals surface area (Å²) in [4.78, 5) is 0. The molecule has 1 aromatic carbocycles. The molecule has 4 N–H and O–H groups in total. The van der Waals surface area contributed by atoms with Gasteiger partial charge in [-0.1, -0.05) is 0 Å². The minimum absolute atomic E-state index is 0.0309. The fourth-order valence-corrected chi connectivity index (χ4v) is 2.73. The maximum absolute atomic E-state index is 11.6. The van der Waals surface area contributed by atoms with Crippen LogP contribution < -0.4 is 10.5 Å². The second-order valence-electron chi connectivity index (χ2n) is 3.84. The molecule has 1 fully saturated rings. The average molecular weight is 239 g/mol. The first-order valence-electron chi connectivity index (χ1n) is 4.95. The standard InChI is InChI=1S/C10H13N3O2S/c11-10(12)7-1-3-8(4-2-7)13-16(14,15)9-5-6-9/h1-4,9,13H,5-6H2,(H3,11,12). The number of hydrogen-bond acceptors (Lipinski definition) is 3. The van der Waals surface area contributed by atoms with Crippen LogP contribution in [0.3, 0.4) is 0 Å². The summed E-state index contributed by atoms with van der Waals surface area (Å²) < 4.78 is 25.7. The molecule has 1 aliphatic carbocycles. The van der Waals surface area contributed by atoms with Crippen LogP contribution in [0.15, 0.2) is 24.3 Å². The summed E-state index contributed by atoms with van der Waals surface area (Å²) in [5.41, 5.74) is 6.38. The summed E-state index contributed by atoms with van der Waals surface area (Å²) in [6.07, 6.45) is 1.47. The number of amidine groups is 1. The van der Waals surface area contributed by atoms with Crippen molar-refractivity contribution in [3.63, 3.8) is 0 Å². The smallest absolute Gasteiger partial charge is 0.235 e. The van der Waals surface area contributed by atoms with Crippen LogP contribution in [0.4, 0.5) is 5.69 Å². The molecule has 6 heteroatoms. The van der Waals surface area contributed by atoms with Crippen LogP contribution in [-0.4, -0.2) is 19.5 Å². The van der Waals surface area contributed by atoms with Crippen LogP contribution in [-0.2, 0) is 10.0 Å². The first kappa shape index (κ1) is 10.9. The third-order valence-electron chi connectivity index (χ3n) is 2.42. The van der Waals surface area contributed by atoms with E-state index in [0.717, 1.165) is 12.8 Å². The van der Waals surface area contributed by atoms with Crippen molar-refractivity contribution >= 4 is 21.5 Å². The Hall–Kier alpha value is -1.56. The number of rotatable bonds is 4. The molecule has 0 amide bonds. The first-order chi connectivity index (χ1) is 7.49. The first-order valence-corrected chi connectivity index (χ1v) is 6.50. The third-order valence-corrected chi connectivity index (χ3v) is 4.29. The van der Waals surface area contributed by atoms with E-state index in [0.29, 0.717) is 11.3 Å². The summed E-state index contributed by atoms with van der Waals surface area (Å²) in [5, 5.41) is 6.97. The van der Waals surface area contributed by atoms with E-state index in [-0.39, 0.29) is 11.1 Å². The molecule has 5 nitrogen and oxygen atoms in total. The molecule has 0 bridgehead atoms. The maximum Gasteiger partial charge on any atom is 0.235 e. The monoisotopic (exact) mass is 239 g/mol. The molecule has 16 heavy (non-hydrogen) atoms. The average Bonchev–Trinajstić information content (AvgIpc) is 3.01. The molecule has 0 aliphatic heterocycles. The highest BCUT2D eigenvalue weighted by Gasteiger charge is 2.35. The number of nitrogens with two attached hydrogens (primary N) is 1. The summed E-state index contributed by atoms with van der Waals surface area (Å²) >= 11 is 0. The van der Waals surface area contributed by atoms with Crippen LogP contribution in [0.25, 0.3) is 0 Å². The van der Waals surface area contributed by atoms with E-state index in [4.69, 9.17) is 11.1 Å². The van der Waals surface area contributed by atoms with Crippen LogP contribution in [0.2, 0.25) is 0 Å². The van der Waals surface area contributed by atoms with E-state index in [1.165, 1.54) is 0 Å². The second-order valence-corrected chi connectivity index (χ2v) is 5.80. The molecule has 1 saturated carbocycles. The van der Waals surface area contributed by atoms with E-state index < -0.39 is 10.0 Å². The Labute approximate surface area is 94.2 Å². The van der Waals surface area contributed by atoms with Crippen molar-refractivity contribution in [3.05, 3.63) is 29.8 Å². The summed E-state index contributed by atoms with van der Waals surface area (Å²) in [6, 6.07) is 6.45. The van der Waals surface area contributed by atoms with Gasteiger partial charge in [0.15, 0.2) is 0 Å². The summed E-state index contributed by atoms with van der Waals surface area (Å²) in [6.45, 7) is 0. The van der Waals surface area contributed by atoms with E-state index in [2.05, 4.69) is 4.72 Å². The molecular formula is C10H13N3O2S. The Bertz CT molecular complexity index is 503. The van der Waals surface area contributed by atoms with Gasteiger partial charge in [0.05, 0.1) is 5.25 Å². The second kappa shape index (κ2) is 3.79. The number of sulfonamides is 1. The number of hydrogen-bond donors (Lipinski definition) is 3. The minimum atomic E-state index is -3.21. The zero-order chi connectivity index (χ0) is 11.8. The highest BCUT2D eigenvalue weighted by Crippen LogP contribution is 2.29. The fraction of sp³-hybridized carbons (Fsp3) is 0.300. The molecule has 0 atom stereocenters. The van der Waals surface area contributed by atoms with Gasteiger partial charge in [-0.15, -0.1) is 0 Å². The Morgan fingerprint density at radius 1 is 1.31 bits per heavy atom. The van der Waals surface area contributed by atoms with Crippen molar-refractivity contribution in [2.45, 2.75) is 18.1 Å². The Morgan fingerprint density at radius 3 is 2.31 bits per heavy atom. The molecule has 0 aromatic heterocycles. The molecule has 2 rings (SSSR count). The molecular weight excluding hydrogens is 226 g/mol. The van der Waals surface area contributed by atoms with Gasteiger partial charge in [-0.2, -0.15) is 0 Å². The molecule has 0 radical (unpaired) electrons. The third kappa shape index (κ3) is 2.33. The maximum atomic E-state index is 11.6. The minimum Gasteiger partial charge on any atom is -0.384 e. The van der Waals surface area contributed by atoms with Gasteiger partial charge in [0.2, 0.25) is 10.0 Å². The van der Waals surface area contributed by atoms with Crippen LogP contribution in [0.1, 0.15) is 18.4 Å². The number of nitrogens with one attached hydrogen (secondary N) is 2. The van der Waals surface area contributed by atoms with E-state index in [9.17, 15) is 8.42 Å². The lowest BCUT2D eigenvalue weighted by molar-refractivity contribution is 0.600. The van der Waals surface area contributed by atoms with Crippen molar-refractivity contribution in [1.82, 2.24) is 0 Å². The molecule has 1 aliphatic rings. The van der Waals surface area contributed by atoms with Gasteiger partial charge in [-0.05, 0) is 37.1 Å². The number of benzene rings is 1. The van der Waals surface area contributed by atoms with Gasteiger partial charge in [0, 0.05) is 11.3 Å². The van der Waals surface area contributed by atoms with Gasteiger partial charge in [-0.25, -0.2) is 8.42 Å². The van der Waals surface area contributed by atoms with E-state index in [1.54, 1.807) is 24.3 Å². The topological polar surface area (TPSA) is 96.0 Å². The van der Waals surface area contributed by atoms with Gasteiger partial charge >= 0.3 is 0 Å². The molecule has 1 aromatic rings. The molecule has 0 heterocycles. The highest BCUT2D eigenvalue weighted by molar-refractivity contribution is 7.93. The molecule has 0 spiro atoms. The quantitative estimate of drug-likeness (QED) is 0.537.